The van der Waals surface area contributed by atoms with E-state index in [0.29, 0.717) is 36.9 Å². The van der Waals surface area contributed by atoms with Gasteiger partial charge in [0.1, 0.15) is 5.75 Å². The fraction of sp³-hybridized carbons (Fsp3) is 0.241. The molecule has 4 aromatic rings. The highest BCUT2D eigenvalue weighted by molar-refractivity contribution is 5.92. The van der Waals surface area contributed by atoms with Gasteiger partial charge in [-0.25, -0.2) is 0 Å². The molecular formula is C29H27N3O5. The van der Waals surface area contributed by atoms with Crippen LogP contribution in [0.15, 0.2) is 77.3 Å². The van der Waals surface area contributed by atoms with Gasteiger partial charge in [-0.15, -0.1) is 0 Å². The molecule has 0 fully saturated rings. The van der Waals surface area contributed by atoms with Gasteiger partial charge >= 0.3 is 0 Å². The Balaban J connectivity index is 1.12. The number of carbonyl (C=O) groups excluding carboxylic acids is 1. The molecule has 2 aliphatic rings. The summed E-state index contributed by atoms with van der Waals surface area (Å²) in [6.07, 6.45) is 0.959. The van der Waals surface area contributed by atoms with E-state index < -0.39 is 0 Å². The monoisotopic (exact) mass is 497 g/mol. The zero-order valence-electron chi connectivity index (χ0n) is 20.3. The minimum atomic E-state index is -0.293. The van der Waals surface area contributed by atoms with E-state index in [-0.39, 0.29) is 18.4 Å². The van der Waals surface area contributed by atoms with Crippen LogP contribution >= 0.6 is 0 Å². The predicted molar refractivity (Wildman–Crippen MR) is 135 cm³/mol. The molecular weight excluding hydrogens is 470 g/mol. The molecule has 6 rings (SSSR count). The lowest BCUT2D eigenvalue weighted by Gasteiger charge is -2.21. The van der Waals surface area contributed by atoms with Gasteiger partial charge in [0.05, 0.1) is 13.2 Å². The Morgan fingerprint density at radius 1 is 0.811 bits per heavy atom. The first-order valence-corrected chi connectivity index (χ1v) is 12.3. The Morgan fingerprint density at radius 3 is 2.54 bits per heavy atom. The van der Waals surface area contributed by atoms with Gasteiger partial charge < -0.3 is 24.1 Å². The average Bonchev–Trinajstić information content (AvgIpc) is 3.68. The number of nitrogens with zero attached hydrogens (tertiary/aromatic N) is 2. The highest BCUT2D eigenvalue weighted by Gasteiger charge is 2.18. The van der Waals surface area contributed by atoms with Crippen LogP contribution in [0.5, 0.6) is 17.2 Å². The summed E-state index contributed by atoms with van der Waals surface area (Å²) in [5, 5.41) is 6.91. The maximum absolute atomic E-state index is 12.7. The Bertz CT molecular complexity index is 1400. The van der Waals surface area contributed by atoms with E-state index in [0.717, 1.165) is 36.4 Å². The molecule has 3 heterocycles. The van der Waals surface area contributed by atoms with Crippen LogP contribution in [0, 0.1) is 0 Å². The average molecular weight is 498 g/mol. The van der Waals surface area contributed by atoms with Crippen molar-refractivity contribution in [3.63, 3.8) is 0 Å². The fourth-order valence-corrected chi connectivity index (χ4v) is 4.62. The van der Waals surface area contributed by atoms with Crippen LogP contribution in [-0.4, -0.2) is 29.4 Å². The largest absolute Gasteiger partial charge is 0.493 e. The first-order chi connectivity index (χ1) is 18.2. The highest BCUT2D eigenvalue weighted by atomic mass is 16.7. The van der Waals surface area contributed by atoms with Crippen molar-refractivity contribution in [1.82, 2.24) is 15.4 Å². The van der Waals surface area contributed by atoms with E-state index in [1.165, 1.54) is 11.1 Å². The number of carbonyl (C=O) groups is 1. The second kappa shape index (κ2) is 10.4. The first kappa shape index (κ1) is 23.1. The predicted octanol–water partition coefficient (Wildman–Crippen LogP) is 4.47. The number of aromatic nitrogens is 1. The smallest absolute Gasteiger partial charge is 0.273 e. The molecule has 0 saturated carbocycles. The first-order valence-electron chi connectivity index (χ1n) is 12.3. The summed E-state index contributed by atoms with van der Waals surface area (Å²) in [6, 6.07) is 24.0. The third-order valence-electron chi connectivity index (χ3n) is 6.48. The second-order valence-electron chi connectivity index (χ2n) is 9.22. The molecule has 8 heteroatoms. The Morgan fingerprint density at radius 2 is 1.62 bits per heavy atom. The van der Waals surface area contributed by atoms with Crippen molar-refractivity contribution in [3.8, 4) is 17.2 Å². The van der Waals surface area contributed by atoms with Crippen molar-refractivity contribution in [2.75, 3.05) is 13.4 Å². The molecule has 0 atom stereocenters. The molecule has 0 spiro atoms. The standard InChI is InChI=1S/C29H27N3O5/c33-29(30-15-21-7-9-26-28(12-21)36-19-35-26)25-14-24(37-31-25)18-32(16-20-4-2-1-3-5-20)17-22-6-8-23-10-11-34-27(23)13-22/h1-9,12-14H,10-11,15-19H2,(H,30,33). The number of fused-ring (bicyclic) bond motifs is 2. The van der Waals surface area contributed by atoms with Crippen LogP contribution in [0.25, 0.3) is 0 Å². The minimum Gasteiger partial charge on any atom is -0.493 e. The summed E-state index contributed by atoms with van der Waals surface area (Å²) in [4.78, 5) is 15.0. The van der Waals surface area contributed by atoms with Crippen molar-refractivity contribution in [3.05, 3.63) is 107 Å². The van der Waals surface area contributed by atoms with Crippen LogP contribution < -0.4 is 19.5 Å². The van der Waals surface area contributed by atoms with E-state index in [1.807, 2.05) is 36.4 Å². The summed E-state index contributed by atoms with van der Waals surface area (Å²) in [5.41, 5.74) is 4.78. The van der Waals surface area contributed by atoms with Gasteiger partial charge in [-0.3, -0.25) is 9.69 Å². The van der Waals surface area contributed by atoms with Crippen molar-refractivity contribution < 1.29 is 23.5 Å². The van der Waals surface area contributed by atoms with Crippen LogP contribution in [0.2, 0.25) is 0 Å². The number of amides is 1. The molecule has 37 heavy (non-hydrogen) atoms. The SMILES string of the molecule is O=C(NCc1ccc2c(c1)OCO2)c1cc(CN(Cc2ccccc2)Cc2ccc3c(c2)OCC3)on1. The van der Waals surface area contributed by atoms with Gasteiger partial charge in [-0.2, -0.15) is 0 Å². The maximum Gasteiger partial charge on any atom is 0.273 e. The van der Waals surface area contributed by atoms with Crippen molar-refractivity contribution in [1.29, 1.82) is 0 Å². The third kappa shape index (κ3) is 5.44. The highest BCUT2D eigenvalue weighted by Crippen LogP contribution is 2.32. The zero-order valence-corrected chi connectivity index (χ0v) is 20.3. The van der Waals surface area contributed by atoms with Crippen LogP contribution in [0.3, 0.4) is 0 Å². The molecule has 0 bridgehead atoms. The van der Waals surface area contributed by atoms with E-state index >= 15 is 0 Å². The molecule has 8 nitrogen and oxygen atoms in total. The summed E-state index contributed by atoms with van der Waals surface area (Å²) in [7, 11) is 0. The Kier molecular flexibility index (Phi) is 6.47. The van der Waals surface area contributed by atoms with Crippen LogP contribution in [0.4, 0.5) is 0 Å². The number of rotatable bonds is 9. The topological polar surface area (TPSA) is 86.1 Å². The second-order valence-corrected chi connectivity index (χ2v) is 9.22. The van der Waals surface area contributed by atoms with E-state index in [9.17, 15) is 4.79 Å². The number of ether oxygens (including phenoxy) is 3. The van der Waals surface area contributed by atoms with Gasteiger partial charge in [0, 0.05) is 32.1 Å². The Labute approximate surface area is 214 Å². The van der Waals surface area contributed by atoms with Crippen LogP contribution in [0.1, 0.15) is 38.5 Å². The number of hydrogen-bond donors (Lipinski definition) is 1. The number of nitrogens with one attached hydrogen (secondary N) is 1. The normalized spacial score (nSPS) is 13.4. The number of hydrogen-bond acceptors (Lipinski definition) is 7. The van der Waals surface area contributed by atoms with Gasteiger partial charge in [-0.1, -0.05) is 53.7 Å². The molecule has 0 unspecified atom stereocenters. The molecule has 0 aliphatic carbocycles. The number of benzene rings is 3. The van der Waals surface area contributed by atoms with Crippen molar-refractivity contribution in [2.45, 2.75) is 32.6 Å². The van der Waals surface area contributed by atoms with E-state index in [4.69, 9.17) is 18.7 Å². The van der Waals surface area contributed by atoms with E-state index in [1.54, 1.807) is 6.07 Å². The molecule has 0 radical (unpaired) electrons. The molecule has 1 N–H and O–H groups in total. The third-order valence-corrected chi connectivity index (χ3v) is 6.48. The molecule has 2 aliphatic heterocycles. The molecule has 1 aromatic heterocycles. The molecule has 0 saturated heterocycles. The molecule has 1 amide bonds. The lowest BCUT2D eigenvalue weighted by molar-refractivity contribution is 0.0941. The summed E-state index contributed by atoms with van der Waals surface area (Å²) in [5.74, 6) is 2.70. The van der Waals surface area contributed by atoms with E-state index in [2.05, 4.69) is 45.7 Å². The lowest BCUT2D eigenvalue weighted by atomic mass is 10.1. The summed E-state index contributed by atoms with van der Waals surface area (Å²) >= 11 is 0. The van der Waals surface area contributed by atoms with Gasteiger partial charge in [0.2, 0.25) is 6.79 Å². The lowest BCUT2D eigenvalue weighted by Crippen LogP contribution is -2.23. The maximum atomic E-state index is 12.7. The quantitative estimate of drug-likeness (QED) is 0.365. The minimum absolute atomic E-state index is 0.217. The zero-order chi connectivity index (χ0) is 25.0. The summed E-state index contributed by atoms with van der Waals surface area (Å²) in [6.45, 7) is 3.25. The van der Waals surface area contributed by atoms with Gasteiger partial charge in [0.15, 0.2) is 23.0 Å². The van der Waals surface area contributed by atoms with Gasteiger partial charge in [0.25, 0.3) is 5.91 Å². The summed E-state index contributed by atoms with van der Waals surface area (Å²) < 4.78 is 22.1. The molecule has 188 valence electrons. The molecule has 3 aromatic carbocycles. The fourth-order valence-electron chi connectivity index (χ4n) is 4.62. The van der Waals surface area contributed by atoms with Crippen molar-refractivity contribution in [2.24, 2.45) is 0 Å². The Hall–Kier alpha value is -4.30. The van der Waals surface area contributed by atoms with Crippen molar-refractivity contribution >= 4 is 5.91 Å². The van der Waals surface area contributed by atoms with Gasteiger partial charge in [-0.05, 0) is 40.5 Å². The van der Waals surface area contributed by atoms with Crippen LogP contribution in [-0.2, 0) is 32.6 Å².